The van der Waals surface area contributed by atoms with Gasteiger partial charge in [0.15, 0.2) is 0 Å². The Morgan fingerprint density at radius 2 is 2.30 bits per heavy atom. The van der Waals surface area contributed by atoms with Crippen LogP contribution < -0.4 is 5.32 Å². The molecular formula is C14H18N2O3S. The number of hydrogen-bond acceptors (Lipinski definition) is 5. The number of aromatic nitrogens is 1. The Hall–Kier alpha value is -1.66. The molecule has 1 atom stereocenters. The second kappa shape index (κ2) is 5.76. The molecule has 0 saturated heterocycles. The first-order chi connectivity index (χ1) is 9.42. The molecule has 0 aliphatic rings. The van der Waals surface area contributed by atoms with E-state index >= 15 is 0 Å². The van der Waals surface area contributed by atoms with Gasteiger partial charge in [0.2, 0.25) is 0 Å². The number of nitrogens with one attached hydrogen (secondary N) is 1. The van der Waals surface area contributed by atoms with E-state index in [1.54, 1.807) is 25.3 Å². The van der Waals surface area contributed by atoms with Crippen LogP contribution in [0.4, 0.5) is 0 Å². The molecule has 0 radical (unpaired) electrons. The molecule has 2 heterocycles. The van der Waals surface area contributed by atoms with Gasteiger partial charge in [0.25, 0.3) is 5.91 Å². The van der Waals surface area contributed by atoms with E-state index in [0.717, 1.165) is 17.2 Å². The summed E-state index contributed by atoms with van der Waals surface area (Å²) in [5.74, 6) is 0.932. The normalized spacial score (nSPS) is 14.0. The summed E-state index contributed by atoms with van der Waals surface area (Å²) in [6.45, 7) is 5.49. The predicted octanol–water partition coefficient (Wildman–Crippen LogP) is 2.24. The molecular weight excluding hydrogens is 276 g/mol. The fourth-order valence-electron chi connectivity index (χ4n) is 1.73. The molecule has 108 valence electrons. The number of nitrogens with zero attached hydrogens (tertiary/aromatic N) is 1. The zero-order valence-electron chi connectivity index (χ0n) is 11.8. The lowest BCUT2D eigenvalue weighted by atomic mass is 10.0. The molecule has 2 rings (SSSR count). The van der Waals surface area contributed by atoms with Gasteiger partial charge in [-0.05, 0) is 32.4 Å². The smallest absolute Gasteiger partial charge is 0.263 e. The third-order valence-electron chi connectivity index (χ3n) is 2.94. The van der Waals surface area contributed by atoms with Gasteiger partial charge in [-0.1, -0.05) is 6.92 Å². The van der Waals surface area contributed by atoms with Crippen LogP contribution in [0.15, 0.2) is 22.7 Å². The van der Waals surface area contributed by atoms with Gasteiger partial charge in [-0.25, -0.2) is 4.98 Å². The molecule has 0 fully saturated rings. The van der Waals surface area contributed by atoms with Crippen molar-refractivity contribution in [2.75, 3.05) is 6.54 Å². The van der Waals surface area contributed by atoms with Crippen LogP contribution in [0.5, 0.6) is 0 Å². The van der Waals surface area contributed by atoms with Gasteiger partial charge in [-0.3, -0.25) is 4.79 Å². The molecule has 0 bridgehead atoms. The van der Waals surface area contributed by atoms with E-state index in [1.165, 1.54) is 11.3 Å². The standard InChI is InChI=1S/C14H18N2O3S/c1-4-12-15-7-10(20-12)13(17)16-8-14(3,18)11-6-5-9(2)19-11/h5-7,18H,4,8H2,1-3H3,(H,16,17). The highest BCUT2D eigenvalue weighted by Crippen LogP contribution is 2.22. The van der Waals surface area contributed by atoms with Crippen molar-refractivity contribution in [2.45, 2.75) is 32.8 Å². The second-order valence-electron chi connectivity index (χ2n) is 4.84. The first-order valence-electron chi connectivity index (χ1n) is 6.44. The van der Waals surface area contributed by atoms with Crippen molar-refractivity contribution in [1.82, 2.24) is 10.3 Å². The maximum absolute atomic E-state index is 12.0. The summed E-state index contributed by atoms with van der Waals surface area (Å²) < 4.78 is 5.40. The van der Waals surface area contributed by atoms with Gasteiger partial charge in [-0.2, -0.15) is 0 Å². The minimum absolute atomic E-state index is 0.0815. The topological polar surface area (TPSA) is 75.4 Å². The molecule has 1 unspecified atom stereocenters. The summed E-state index contributed by atoms with van der Waals surface area (Å²) >= 11 is 1.36. The molecule has 5 nitrogen and oxygen atoms in total. The molecule has 0 aliphatic carbocycles. The Morgan fingerprint density at radius 3 is 2.85 bits per heavy atom. The quantitative estimate of drug-likeness (QED) is 0.887. The number of rotatable bonds is 5. The summed E-state index contributed by atoms with van der Waals surface area (Å²) in [6, 6.07) is 3.49. The Labute approximate surface area is 121 Å². The van der Waals surface area contributed by atoms with Crippen molar-refractivity contribution in [3.05, 3.63) is 39.7 Å². The number of hydrogen-bond donors (Lipinski definition) is 2. The minimum atomic E-state index is -1.23. The molecule has 6 heteroatoms. The maximum atomic E-state index is 12.0. The average Bonchev–Trinajstić information content (AvgIpc) is 3.04. The molecule has 20 heavy (non-hydrogen) atoms. The van der Waals surface area contributed by atoms with Crippen LogP contribution in [0.2, 0.25) is 0 Å². The van der Waals surface area contributed by atoms with E-state index in [1.807, 2.05) is 13.8 Å². The molecule has 0 aromatic carbocycles. The summed E-state index contributed by atoms with van der Waals surface area (Å²) in [7, 11) is 0. The highest BCUT2D eigenvalue weighted by Gasteiger charge is 2.27. The Morgan fingerprint density at radius 1 is 1.55 bits per heavy atom. The summed E-state index contributed by atoms with van der Waals surface area (Å²) in [5, 5.41) is 14.0. The van der Waals surface area contributed by atoms with E-state index in [0.29, 0.717) is 10.6 Å². The lowest BCUT2D eigenvalue weighted by Crippen LogP contribution is -2.38. The molecule has 0 saturated carbocycles. The number of amides is 1. The van der Waals surface area contributed by atoms with Crippen LogP contribution in [0.3, 0.4) is 0 Å². The van der Waals surface area contributed by atoms with Gasteiger partial charge in [-0.15, -0.1) is 11.3 Å². The third-order valence-corrected chi connectivity index (χ3v) is 4.08. The van der Waals surface area contributed by atoms with Gasteiger partial charge in [0.05, 0.1) is 17.7 Å². The lowest BCUT2D eigenvalue weighted by molar-refractivity contribution is 0.0324. The van der Waals surface area contributed by atoms with Crippen LogP contribution >= 0.6 is 11.3 Å². The SMILES string of the molecule is CCc1ncc(C(=O)NCC(C)(O)c2ccc(C)o2)s1. The van der Waals surface area contributed by atoms with E-state index in [9.17, 15) is 9.90 Å². The fraction of sp³-hybridized carbons (Fsp3) is 0.429. The maximum Gasteiger partial charge on any atom is 0.263 e. The number of furan rings is 1. The first kappa shape index (κ1) is 14.7. The van der Waals surface area contributed by atoms with Crippen LogP contribution in [-0.4, -0.2) is 22.5 Å². The average molecular weight is 294 g/mol. The zero-order chi connectivity index (χ0) is 14.8. The summed E-state index contributed by atoms with van der Waals surface area (Å²) in [4.78, 5) is 16.7. The molecule has 2 aromatic rings. The summed E-state index contributed by atoms with van der Waals surface area (Å²) in [5.41, 5.74) is -1.23. The van der Waals surface area contributed by atoms with Crippen LogP contribution in [-0.2, 0) is 12.0 Å². The Kier molecular flexibility index (Phi) is 4.25. The predicted molar refractivity (Wildman–Crippen MR) is 76.8 cm³/mol. The number of carbonyl (C=O) groups is 1. The molecule has 2 N–H and O–H groups in total. The number of thiazole rings is 1. The van der Waals surface area contributed by atoms with Crippen LogP contribution in [0, 0.1) is 6.92 Å². The monoisotopic (exact) mass is 294 g/mol. The molecule has 0 aliphatic heterocycles. The first-order valence-corrected chi connectivity index (χ1v) is 7.26. The van der Waals surface area contributed by atoms with Crippen molar-refractivity contribution < 1.29 is 14.3 Å². The lowest BCUT2D eigenvalue weighted by Gasteiger charge is -2.20. The van der Waals surface area contributed by atoms with Gasteiger partial charge in [0, 0.05) is 0 Å². The number of aliphatic hydroxyl groups is 1. The van der Waals surface area contributed by atoms with Gasteiger partial charge < -0.3 is 14.8 Å². The molecule has 0 spiro atoms. The van der Waals surface area contributed by atoms with Gasteiger partial charge >= 0.3 is 0 Å². The Balaban J connectivity index is 1.98. The zero-order valence-corrected chi connectivity index (χ0v) is 12.6. The number of aryl methyl sites for hydroxylation is 2. The largest absolute Gasteiger partial charge is 0.463 e. The summed E-state index contributed by atoms with van der Waals surface area (Å²) in [6.07, 6.45) is 2.37. The highest BCUT2D eigenvalue weighted by molar-refractivity contribution is 7.13. The molecule has 1 amide bonds. The van der Waals surface area contributed by atoms with Crippen molar-refractivity contribution in [1.29, 1.82) is 0 Å². The van der Waals surface area contributed by atoms with Crippen molar-refractivity contribution in [3.63, 3.8) is 0 Å². The van der Waals surface area contributed by atoms with Crippen molar-refractivity contribution >= 4 is 17.2 Å². The van der Waals surface area contributed by atoms with Crippen LogP contribution in [0.25, 0.3) is 0 Å². The van der Waals surface area contributed by atoms with E-state index in [4.69, 9.17) is 4.42 Å². The second-order valence-corrected chi connectivity index (χ2v) is 5.95. The van der Waals surface area contributed by atoms with E-state index < -0.39 is 5.60 Å². The number of carbonyl (C=O) groups excluding carboxylic acids is 1. The minimum Gasteiger partial charge on any atom is -0.463 e. The van der Waals surface area contributed by atoms with Crippen molar-refractivity contribution in [2.24, 2.45) is 0 Å². The van der Waals surface area contributed by atoms with Gasteiger partial charge in [0.1, 0.15) is 22.0 Å². The highest BCUT2D eigenvalue weighted by atomic mass is 32.1. The Bertz CT molecular complexity index is 601. The van der Waals surface area contributed by atoms with Crippen LogP contribution in [0.1, 0.15) is 40.0 Å². The van der Waals surface area contributed by atoms with E-state index in [-0.39, 0.29) is 12.5 Å². The molecule has 2 aromatic heterocycles. The fourth-order valence-corrected chi connectivity index (χ4v) is 2.50. The van der Waals surface area contributed by atoms with Crippen molar-refractivity contribution in [3.8, 4) is 0 Å². The third kappa shape index (κ3) is 3.26. The van der Waals surface area contributed by atoms with E-state index in [2.05, 4.69) is 10.3 Å².